The van der Waals surface area contributed by atoms with Crippen molar-refractivity contribution in [3.8, 4) is 0 Å². The lowest BCUT2D eigenvalue weighted by Crippen LogP contribution is -2.61. The Morgan fingerprint density at radius 2 is 1.36 bits per heavy atom. The van der Waals surface area contributed by atoms with Crippen LogP contribution in [-0.4, -0.2) is 96.9 Å². The maximum Gasteiger partial charge on any atom is 0.0751 e. The van der Waals surface area contributed by atoms with Crippen LogP contribution in [0.25, 0.3) is 0 Å². The van der Waals surface area contributed by atoms with Crippen molar-refractivity contribution < 1.29 is 19.7 Å². The zero-order valence-corrected chi connectivity index (χ0v) is 20.8. The van der Waals surface area contributed by atoms with Crippen LogP contribution in [0.5, 0.6) is 0 Å². The molecular formula is C27H46N2O4. The molecule has 4 saturated carbocycles. The molecule has 4 aliphatic carbocycles. The summed E-state index contributed by atoms with van der Waals surface area (Å²) in [5.41, 5.74) is 0.375. The molecule has 6 fully saturated rings. The fraction of sp³-hybridized carbons (Fsp3) is 1.00. The predicted molar refractivity (Wildman–Crippen MR) is 127 cm³/mol. The van der Waals surface area contributed by atoms with Crippen LogP contribution in [0, 0.1) is 34.5 Å². The monoisotopic (exact) mass is 462 g/mol. The standard InChI is InChI=1S/C27H46N2O4/c1-26-6-5-20-19(21(26)16-22(25(26)31)28-7-11-32-12-8-28)4-3-18-15-24(30)23(17-27(18,20)2)29-9-13-33-14-10-29/h18-25,30-31H,3-17H2,1-2H3/t18-,19+,20-,21-,22-,23-,24-,25-,26-,27-/m0/s1. The van der Waals surface area contributed by atoms with Gasteiger partial charge in [0, 0.05) is 38.3 Å². The van der Waals surface area contributed by atoms with Crippen molar-refractivity contribution in [2.24, 2.45) is 34.5 Å². The first-order valence-corrected chi connectivity index (χ1v) is 13.9. The number of rotatable bonds is 2. The first kappa shape index (κ1) is 23.2. The van der Waals surface area contributed by atoms with Crippen LogP contribution in [0.3, 0.4) is 0 Å². The van der Waals surface area contributed by atoms with Gasteiger partial charge in [-0.05, 0) is 79.4 Å². The quantitative estimate of drug-likeness (QED) is 0.657. The molecule has 0 aromatic heterocycles. The second-order valence-corrected chi connectivity index (χ2v) is 12.8. The first-order valence-electron chi connectivity index (χ1n) is 13.9. The Hall–Kier alpha value is -0.240. The number of hydrogen-bond donors (Lipinski definition) is 2. The minimum Gasteiger partial charge on any atom is -0.391 e. The summed E-state index contributed by atoms with van der Waals surface area (Å²) in [5.74, 6) is 2.74. The fourth-order valence-corrected chi connectivity index (χ4v) is 9.80. The second kappa shape index (κ2) is 8.70. The average molecular weight is 463 g/mol. The van der Waals surface area contributed by atoms with Crippen molar-refractivity contribution >= 4 is 0 Å². The summed E-state index contributed by atoms with van der Waals surface area (Å²) < 4.78 is 11.2. The maximum atomic E-state index is 11.6. The highest BCUT2D eigenvalue weighted by molar-refractivity contribution is 5.14. The van der Waals surface area contributed by atoms with Crippen molar-refractivity contribution in [3.05, 3.63) is 0 Å². The largest absolute Gasteiger partial charge is 0.391 e. The van der Waals surface area contributed by atoms with Crippen LogP contribution in [0.2, 0.25) is 0 Å². The van der Waals surface area contributed by atoms with E-state index in [0.717, 1.165) is 90.1 Å². The van der Waals surface area contributed by atoms with Gasteiger partial charge >= 0.3 is 0 Å². The Labute approximate surface area is 200 Å². The third-order valence-corrected chi connectivity index (χ3v) is 11.7. The van der Waals surface area contributed by atoms with Crippen molar-refractivity contribution in [1.82, 2.24) is 9.80 Å². The molecule has 2 saturated heterocycles. The Morgan fingerprint density at radius 3 is 2.03 bits per heavy atom. The van der Waals surface area contributed by atoms with Crippen molar-refractivity contribution in [1.29, 1.82) is 0 Å². The van der Waals surface area contributed by atoms with E-state index in [1.165, 1.54) is 19.3 Å². The highest BCUT2D eigenvalue weighted by atomic mass is 16.5. The van der Waals surface area contributed by atoms with E-state index in [1.54, 1.807) is 0 Å². The summed E-state index contributed by atoms with van der Waals surface area (Å²) in [6.07, 6.45) is 7.85. The summed E-state index contributed by atoms with van der Waals surface area (Å²) in [7, 11) is 0. The average Bonchev–Trinajstić information content (AvgIpc) is 3.11. The van der Waals surface area contributed by atoms with Gasteiger partial charge in [0.25, 0.3) is 0 Å². The molecule has 6 rings (SSSR count). The normalized spacial score (nSPS) is 53.8. The predicted octanol–water partition coefficient (Wildman–Crippen LogP) is 2.37. The summed E-state index contributed by atoms with van der Waals surface area (Å²) >= 11 is 0. The lowest BCUT2D eigenvalue weighted by Gasteiger charge is -2.62. The van der Waals surface area contributed by atoms with E-state index >= 15 is 0 Å². The molecule has 0 radical (unpaired) electrons. The highest BCUT2D eigenvalue weighted by Gasteiger charge is 2.63. The van der Waals surface area contributed by atoms with Crippen LogP contribution in [0.1, 0.15) is 58.8 Å². The van der Waals surface area contributed by atoms with Gasteiger partial charge < -0.3 is 19.7 Å². The van der Waals surface area contributed by atoms with Gasteiger partial charge in [0.15, 0.2) is 0 Å². The van der Waals surface area contributed by atoms with Gasteiger partial charge in [-0.1, -0.05) is 13.8 Å². The topological polar surface area (TPSA) is 65.4 Å². The number of nitrogens with zero attached hydrogens (tertiary/aromatic N) is 2. The van der Waals surface area contributed by atoms with Gasteiger partial charge in [-0.15, -0.1) is 0 Å². The molecule has 6 heteroatoms. The second-order valence-electron chi connectivity index (χ2n) is 12.8. The molecule has 0 unspecified atom stereocenters. The van der Waals surface area contributed by atoms with Crippen LogP contribution < -0.4 is 0 Å². The van der Waals surface area contributed by atoms with Gasteiger partial charge in [-0.3, -0.25) is 9.80 Å². The first-order chi connectivity index (χ1) is 15.9. The molecule has 188 valence electrons. The smallest absolute Gasteiger partial charge is 0.0751 e. The Morgan fingerprint density at radius 1 is 0.727 bits per heavy atom. The minimum atomic E-state index is -0.207. The maximum absolute atomic E-state index is 11.6. The van der Waals surface area contributed by atoms with Crippen molar-refractivity contribution in [3.63, 3.8) is 0 Å². The molecule has 0 bridgehead atoms. The lowest BCUT2D eigenvalue weighted by molar-refractivity contribution is -0.158. The molecule has 0 aromatic carbocycles. The molecule has 0 aromatic rings. The summed E-state index contributed by atoms with van der Waals surface area (Å²) in [6.45, 7) is 12.1. The molecule has 0 amide bonds. The van der Waals surface area contributed by atoms with Crippen molar-refractivity contribution in [2.45, 2.75) is 83.1 Å². The lowest BCUT2D eigenvalue weighted by atomic mass is 9.44. The third-order valence-electron chi connectivity index (χ3n) is 11.7. The van der Waals surface area contributed by atoms with E-state index in [1.807, 2.05) is 0 Å². The van der Waals surface area contributed by atoms with Gasteiger partial charge in [0.05, 0.1) is 38.6 Å². The number of aliphatic hydroxyl groups is 2. The number of hydrogen-bond acceptors (Lipinski definition) is 6. The molecule has 6 nitrogen and oxygen atoms in total. The molecule has 33 heavy (non-hydrogen) atoms. The molecule has 6 aliphatic rings. The highest BCUT2D eigenvalue weighted by Crippen LogP contribution is 2.66. The van der Waals surface area contributed by atoms with Crippen molar-refractivity contribution in [2.75, 3.05) is 52.6 Å². The fourth-order valence-electron chi connectivity index (χ4n) is 9.80. The van der Waals surface area contributed by atoms with Crippen LogP contribution in [-0.2, 0) is 9.47 Å². The Balaban J connectivity index is 1.24. The molecule has 0 spiro atoms. The van der Waals surface area contributed by atoms with E-state index in [-0.39, 0.29) is 23.7 Å². The van der Waals surface area contributed by atoms with Crippen LogP contribution in [0.4, 0.5) is 0 Å². The van der Waals surface area contributed by atoms with E-state index < -0.39 is 0 Å². The molecule has 2 heterocycles. The summed E-state index contributed by atoms with van der Waals surface area (Å²) in [6, 6.07) is 0.597. The number of morpholine rings is 2. The Bertz CT molecular complexity index is 710. The van der Waals surface area contributed by atoms with Crippen LogP contribution >= 0.6 is 0 Å². The summed E-state index contributed by atoms with van der Waals surface area (Å²) in [5, 5.41) is 22.7. The SMILES string of the molecule is C[C@]12C[C@H](N3CCOCC3)[C@@H](O)C[C@@H]1CC[C@@H]1[C@@H]2CC[C@]2(C)[C@@H](O)[C@@H](N3CCOCC3)C[C@@H]12. The minimum absolute atomic E-state index is 0.0606. The van der Waals surface area contributed by atoms with E-state index in [0.29, 0.717) is 23.3 Å². The molecular weight excluding hydrogens is 416 g/mol. The van der Waals surface area contributed by atoms with Gasteiger partial charge in [0.2, 0.25) is 0 Å². The van der Waals surface area contributed by atoms with Gasteiger partial charge in [-0.2, -0.15) is 0 Å². The Kier molecular flexibility index (Phi) is 6.11. The van der Waals surface area contributed by atoms with E-state index in [4.69, 9.17) is 9.47 Å². The third kappa shape index (κ3) is 3.65. The zero-order valence-electron chi connectivity index (χ0n) is 20.8. The van der Waals surface area contributed by atoms with Gasteiger partial charge in [0.1, 0.15) is 0 Å². The number of aliphatic hydroxyl groups excluding tert-OH is 2. The molecule has 10 atom stereocenters. The van der Waals surface area contributed by atoms with Gasteiger partial charge in [-0.25, -0.2) is 0 Å². The summed E-state index contributed by atoms with van der Waals surface area (Å²) in [4.78, 5) is 5.06. The molecule has 2 aliphatic heterocycles. The number of ether oxygens (including phenoxy) is 2. The zero-order chi connectivity index (χ0) is 22.8. The van der Waals surface area contributed by atoms with E-state index in [9.17, 15) is 10.2 Å². The number of fused-ring (bicyclic) bond motifs is 5. The van der Waals surface area contributed by atoms with E-state index in [2.05, 4.69) is 23.6 Å². The van der Waals surface area contributed by atoms with Crippen LogP contribution in [0.15, 0.2) is 0 Å². The molecule has 2 N–H and O–H groups in total.